The van der Waals surface area contributed by atoms with Gasteiger partial charge in [-0.25, -0.2) is 9.98 Å². The molecule has 0 saturated heterocycles. The third-order valence-electron chi connectivity index (χ3n) is 6.59. The lowest BCUT2D eigenvalue weighted by atomic mass is 10.00. The van der Waals surface area contributed by atoms with Crippen LogP contribution in [0.25, 0.3) is 17.1 Å². The summed E-state index contributed by atoms with van der Waals surface area (Å²) in [5.74, 6) is -0.850. The minimum Gasteiger partial charge on any atom is -0.383 e. The smallest absolute Gasteiger partial charge is 0.364 e. The van der Waals surface area contributed by atoms with Crippen LogP contribution in [0, 0.1) is 16.0 Å². The second-order valence-corrected chi connectivity index (χ2v) is 11.6. The lowest BCUT2D eigenvalue weighted by molar-refractivity contribution is -0.389. The van der Waals surface area contributed by atoms with Crippen molar-refractivity contribution in [3.8, 4) is 0 Å². The van der Waals surface area contributed by atoms with Crippen LogP contribution in [-0.4, -0.2) is 48.9 Å². The Kier molecular flexibility index (Phi) is 9.29. The van der Waals surface area contributed by atoms with Crippen LogP contribution in [0.4, 0.5) is 16.0 Å². The second kappa shape index (κ2) is 13.3. The van der Waals surface area contributed by atoms with Crippen LogP contribution in [0.5, 0.6) is 0 Å². The zero-order chi connectivity index (χ0) is 31.4. The van der Waals surface area contributed by atoms with Crippen molar-refractivity contribution in [3.63, 3.8) is 0 Å². The van der Waals surface area contributed by atoms with Gasteiger partial charge >= 0.3 is 5.82 Å². The van der Waals surface area contributed by atoms with Gasteiger partial charge in [-0.2, -0.15) is 0 Å². The summed E-state index contributed by atoms with van der Waals surface area (Å²) in [7, 11) is 1.54. The van der Waals surface area contributed by atoms with Crippen molar-refractivity contribution >= 4 is 79.3 Å². The number of aromatic amines is 1. The number of nitrogens with one attached hydrogen (secondary N) is 2. The summed E-state index contributed by atoms with van der Waals surface area (Å²) in [5.41, 5.74) is 9.29. The number of amidine groups is 1. The van der Waals surface area contributed by atoms with Gasteiger partial charge in [-0.3, -0.25) is 18.5 Å². The summed E-state index contributed by atoms with van der Waals surface area (Å²) in [5, 5.41) is 15.1. The minimum absolute atomic E-state index is 0.00472. The molecule has 0 fully saturated rings. The second-order valence-electron chi connectivity index (χ2n) is 9.54. The van der Waals surface area contributed by atoms with E-state index in [1.54, 1.807) is 0 Å². The monoisotopic (exact) mass is 652 g/mol. The Morgan fingerprint density at radius 3 is 2.82 bits per heavy atom. The average Bonchev–Trinajstić information content (AvgIpc) is 3.75. The fraction of sp³-hybridized carbons (Fsp3) is 0.179. The number of carbonyl (C=O) groups is 1. The highest BCUT2D eigenvalue weighted by molar-refractivity contribution is 7.18. The summed E-state index contributed by atoms with van der Waals surface area (Å²) in [4.78, 5) is 50.0. The molecule has 2 unspecified atom stereocenters. The Bertz CT molecular complexity index is 1950. The van der Waals surface area contributed by atoms with Crippen LogP contribution < -0.4 is 16.6 Å². The molecule has 226 valence electrons. The molecule has 13 nitrogen and oxygen atoms in total. The number of hydrogen-bond donors (Lipinski definition) is 3. The van der Waals surface area contributed by atoms with E-state index in [-0.39, 0.29) is 33.5 Å². The number of aromatic nitrogens is 4. The molecule has 0 aliphatic carbocycles. The predicted molar refractivity (Wildman–Crippen MR) is 172 cm³/mol. The molecule has 4 heterocycles. The molecule has 0 saturated carbocycles. The number of ether oxygens (including phenoxy) is 1. The summed E-state index contributed by atoms with van der Waals surface area (Å²) in [6.07, 6.45) is 4.40. The number of hydrogen-bond acceptors (Lipinski definition) is 11. The minimum atomic E-state index is -0.618. The van der Waals surface area contributed by atoms with E-state index in [4.69, 9.17) is 22.1 Å². The molecule has 4 N–H and O–H groups in total. The molecule has 1 aromatic carbocycles. The predicted octanol–water partition coefficient (Wildman–Crippen LogP) is 5.35. The Labute approximate surface area is 263 Å². The molecular formula is C28H25ClN8O5S2. The standard InChI is InChI=1S/C28H25ClN8O5S2/c1-15(12-16-6-4-3-5-7-16)25(42-2)33-23(30)21-24(38)35-44-26(21)34-28-31-14-19(43-28)27(39)36-11-9-18-22(36)17(8-10-29)13-20(32-18)37(40)41/h3-11,13-15,25H,12H2,1-2H3,(H2,30,33)(H,31,34)(H,35,38)/b10-8+. The van der Waals surface area contributed by atoms with Crippen LogP contribution in [0.15, 0.2) is 70.2 Å². The number of nitro groups is 1. The van der Waals surface area contributed by atoms with Gasteiger partial charge < -0.3 is 25.9 Å². The normalized spacial score (nSPS) is 13.4. The number of pyridine rings is 1. The van der Waals surface area contributed by atoms with Crippen LogP contribution in [0.3, 0.4) is 0 Å². The van der Waals surface area contributed by atoms with E-state index in [1.165, 1.54) is 47.8 Å². The van der Waals surface area contributed by atoms with E-state index >= 15 is 0 Å². The number of thiazole rings is 1. The molecule has 5 rings (SSSR count). The van der Waals surface area contributed by atoms with Crippen molar-refractivity contribution in [3.05, 3.63) is 102 Å². The Balaban J connectivity index is 1.38. The molecule has 2 atom stereocenters. The van der Waals surface area contributed by atoms with Crippen LogP contribution in [-0.2, 0) is 11.2 Å². The first-order chi connectivity index (χ1) is 21.2. The third kappa shape index (κ3) is 6.45. The Morgan fingerprint density at radius 1 is 1.34 bits per heavy atom. The number of aliphatic imine (C=N–C) groups is 1. The molecule has 16 heteroatoms. The van der Waals surface area contributed by atoms with Crippen molar-refractivity contribution in [1.29, 1.82) is 0 Å². The molecule has 0 aliphatic heterocycles. The largest absolute Gasteiger partial charge is 0.383 e. The zero-order valence-corrected chi connectivity index (χ0v) is 25.7. The molecule has 0 spiro atoms. The molecule has 44 heavy (non-hydrogen) atoms. The zero-order valence-electron chi connectivity index (χ0n) is 23.3. The topological polar surface area (TPSA) is 183 Å². The van der Waals surface area contributed by atoms with E-state index in [9.17, 15) is 19.7 Å². The van der Waals surface area contributed by atoms with Gasteiger partial charge in [0.25, 0.3) is 11.5 Å². The van der Waals surface area contributed by atoms with E-state index in [1.807, 2.05) is 37.3 Å². The fourth-order valence-corrected chi connectivity index (χ4v) is 6.29. The first-order valence-electron chi connectivity index (χ1n) is 13.0. The lowest BCUT2D eigenvalue weighted by Gasteiger charge is -2.19. The number of nitrogens with two attached hydrogens (primary N) is 1. The Morgan fingerprint density at radius 2 is 2.11 bits per heavy atom. The maximum atomic E-state index is 13.5. The average molecular weight is 653 g/mol. The first-order valence-corrected chi connectivity index (χ1v) is 15.1. The Hall–Kier alpha value is -4.70. The maximum Gasteiger partial charge on any atom is 0.364 e. The number of carbonyl (C=O) groups excluding carboxylic acids is 1. The van der Waals surface area contributed by atoms with Crippen molar-refractivity contribution in [2.45, 2.75) is 19.6 Å². The number of fused-ring (bicyclic) bond motifs is 1. The number of nitrogens with zero attached hydrogens (tertiary/aromatic N) is 5. The van der Waals surface area contributed by atoms with Gasteiger partial charge in [-0.1, -0.05) is 60.2 Å². The van der Waals surface area contributed by atoms with Crippen LogP contribution in [0.2, 0.25) is 0 Å². The highest BCUT2D eigenvalue weighted by atomic mass is 35.5. The molecule has 0 bridgehead atoms. The van der Waals surface area contributed by atoms with Crippen LogP contribution in [0.1, 0.15) is 33.3 Å². The van der Waals surface area contributed by atoms with E-state index in [2.05, 4.69) is 24.7 Å². The summed E-state index contributed by atoms with van der Waals surface area (Å²) >= 11 is 7.82. The molecule has 0 radical (unpaired) electrons. The summed E-state index contributed by atoms with van der Waals surface area (Å²) in [6, 6.07) is 12.7. The number of halogens is 1. The SMILES string of the molecule is COC(N=C(N)c1c(Nc2ncc(C(=O)n3ccc4nc([N+](=O)[O-])cc(/C=C/Cl)c43)s2)s[nH]c1=O)C(C)Cc1ccccc1. The highest BCUT2D eigenvalue weighted by Gasteiger charge is 2.24. The molecule has 0 amide bonds. The molecule has 5 aromatic rings. The van der Waals surface area contributed by atoms with Crippen molar-refractivity contribution < 1.29 is 14.5 Å². The van der Waals surface area contributed by atoms with Gasteiger partial charge in [0.2, 0.25) is 5.52 Å². The number of methoxy groups -OCH3 is 1. The quantitative estimate of drug-likeness (QED) is 0.0732. The first kappa shape index (κ1) is 30.7. The van der Waals surface area contributed by atoms with Crippen molar-refractivity contribution in [2.24, 2.45) is 16.6 Å². The van der Waals surface area contributed by atoms with Gasteiger partial charge in [0.1, 0.15) is 26.8 Å². The number of benzene rings is 1. The lowest BCUT2D eigenvalue weighted by Crippen LogP contribution is -2.28. The van der Waals surface area contributed by atoms with Gasteiger partial charge in [0, 0.05) is 42.5 Å². The van der Waals surface area contributed by atoms with Gasteiger partial charge in [-0.05, 0) is 39.5 Å². The van der Waals surface area contributed by atoms with Crippen molar-refractivity contribution in [1.82, 2.24) is 18.9 Å². The van der Waals surface area contributed by atoms with Crippen molar-refractivity contribution in [2.75, 3.05) is 12.4 Å². The third-order valence-corrected chi connectivity index (χ3v) is 8.42. The van der Waals surface area contributed by atoms with Gasteiger partial charge in [0.15, 0.2) is 11.4 Å². The van der Waals surface area contributed by atoms with E-state index < -0.39 is 22.6 Å². The molecule has 0 aliphatic rings. The highest BCUT2D eigenvalue weighted by Crippen LogP contribution is 2.30. The van der Waals surface area contributed by atoms with Gasteiger partial charge in [-0.15, -0.1) is 0 Å². The van der Waals surface area contributed by atoms with Gasteiger partial charge in [0.05, 0.1) is 6.20 Å². The van der Waals surface area contributed by atoms with E-state index in [0.29, 0.717) is 27.6 Å². The summed E-state index contributed by atoms with van der Waals surface area (Å²) in [6.45, 7) is 1.99. The van der Waals surface area contributed by atoms with E-state index in [0.717, 1.165) is 28.4 Å². The number of H-pyrrole nitrogens is 1. The van der Waals surface area contributed by atoms with Crippen LogP contribution >= 0.6 is 34.5 Å². The number of anilines is 2. The molecule has 4 aromatic heterocycles. The number of rotatable bonds is 11. The summed E-state index contributed by atoms with van der Waals surface area (Å²) < 4.78 is 9.57. The molecular weight excluding hydrogens is 628 g/mol. The maximum absolute atomic E-state index is 13.5. The fourth-order valence-electron chi connectivity index (χ4n) is 4.59.